The van der Waals surface area contributed by atoms with Gasteiger partial charge in [0.1, 0.15) is 5.82 Å². The number of halogens is 1. The predicted molar refractivity (Wildman–Crippen MR) is 71.7 cm³/mol. The number of unbranched alkanes of at least 4 members (excludes halogenated alkanes) is 2. The molecule has 1 aromatic carbocycles. The topological polar surface area (TPSA) is 38.3 Å². The van der Waals surface area contributed by atoms with Crippen molar-refractivity contribution in [3.8, 4) is 0 Å². The number of thiol groups is 1. The fourth-order valence-corrected chi connectivity index (χ4v) is 1.72. The summed E-state index contributed by atoms with van der Waals surface area (Å²) >= 11 is 3.94. The number of carbonyl (C=O) groups is 1. The molecule has 0 atom stereocenters. The molecular weight excluding hydrogens is 253 g/mol. The molecule has 0 radical (unpaired) electrons. The third-order valence-electron chi connectivity index (χ3n) is 2.52. The van der Waals surface area contributed by atoms with Crippen molar-refractivity contribution in [2.45, 2.75) is 24.2 Å². The highest BCUT2D eigenvalue weighted by atomic mass is 32.1. The van der Waals surface area contributed by atoms with E-state index in [4.69, 9.17) is 4.74 Å². The molecule has 0 unspecified atom stereocenters. The third kappa shape index (κ3) is 5.06. The summed E-state index contributed by atoms with van der Waals surface area (Å²) in [7, 11) is 1.67. The lowest BCUT2D eigenvalue weighted by Crippen LogP contribution is -2.24. The minimum Gasteiger partial charge on any atom is -0.385 e. The Kier molecular flexibility index (Phi) is 6.75. The van der Waals surface area contributed by atoms with Gasteiger partial charge in [-0.15, -0.1) is 12.6 Å². The summed E-state index contributed by atoms with van der Waals surface area (Å²) in [5.74, 6) is -0.619. The highest BCUT2D eigenvalue weighted by Crippen LogP contribution is 2.14. The first-order chi connectivity index (χ1) is 8.65. The summed E-state index contributed by atoms with van der Waals surface area (Å²) in [6.45, 7) is 1.36. The van der Waals surface area contributed by atoms with Gasteiger partial charge >= 0.3 is 0 Å². The quantitative estimate of drug-likeness (QED) is 0.591. The molecule has 0 aromatic heterocycles. The van der Waals surface area contributed by atoms with Gasteiger partial charge in [-0.3, -0.25) is 4.79 Å². The summed E-state index contributed by atoms with van der Waals surface area (Å²) < 4.78 is 17.9. The van der Waals surface area contributed by atoms with E-state index in [1.54, 1.807) is 7.11 Å². The van der Waals surface area contributed by atoms with Crippen LogP contribution in [0.15, 0.2) is 23.1 Å². The molecule has 1 N–H and O–H groups in total. The van der Waals surface area contributed by atoms with Gasteiger partial charge in [-0.25, -0.2) is 4.39 Å². The fraction of sp³-hybridized carbons (Fsp3) is 0.462. The van der Waals surface area contributed by atoms with Crippen molar-refractivity contribution >= 4 is 18.5 Å². The number of methoxy groups -OCH3 is 1. The number of hydrogen-bond acceptors (Lipinski definition) is 3. The normalized spacial score (nSPS) is 10.4. The van der Waals surface area contributed by atoms with Gasteiger partial charge in [-0.2, -0.15) is 0 Å². The van der Waals surface area contributed by atoms with Gasteiger partial charge in [0.15, 0.2) is 0 Å². The van der Waals surface area contributed by atoms with Crippen LogP contribution in [0.4, 0.5) is 4.39 Å². The minimum absolute atomic E-state index is 0.183. The molecule has 0 heterocycles. The van der Waals surface area contributed by atoms with E-state index in [1.807, 2.05) is 0 Å². The van der Waals surface area contributed by atoms with E-state index < -0.39 is 5.82 Å². The van der Waals surface area contributed by atoms with Crippen molar-refractivity contribution in [1.29, 1.82) is 0 Å². The van der Waals surface area contributed by atoms with Gasteiger partial charge in [0.05, 0.1) is 0 Å². The second-order valence-corrected chi connectivity index (χ2v) is 4.46. The first-order valence-electron chi connectivity index (χ1n) is 5.91. The van der Waals surface area contributed by atoms with Crippen LogP contribution in [0.2, 0.25) is 0 Å². The summed E-state index contributed by atoms with van der Waals surface area (Å²) in [6, 6.07) is 4.13. The standard InChI is InChI=1S/C13H18FNO2S/c1-17-8-4-2-3-7-15-13(16)10-5-6-11(14)12(18)9-10/h5-6,9,18H,2-4,7-8H2,1H3,(H,15,16). The van der Waals surface area contributed by atoms with Crippen molar-refractivity contribution in [2.75, 3.05) is 20.3 Å². The van der Waals surface area contributed by atoms with Crippen LogP contribution in [-0.2, 0) is 4.74 Å². The number of carbonyl (C=O) groups excluding carboxylic acids is 1. The molecule has 0 aliphatic rings. The van der Waals surface area contributed by atoms with Crippen LogP contribution in [0.3, 0.4) is 0 Å². The molecule has 1 amide bonds. The van der Waals surface area contributed by atoms with E-state index in [0.29, 0.717) is 12.1 Å². The summed E-state index contributed by atoms with van der Waals surface area (Å²) in [4.78, 5) is 11.9. The maximum Gasteiger partial charge on any atom is 0.251 e. The van der Waals surface area contributed by atoms with Crippen molar-refractivity contribution in [3.05, 3.63) is 29.6 Å². The highest BCUT2D eigenvalue weighted by molar-refractivity contribution is 7.80. The molecule has 0 bridgehead atoms. The average Bonchev–Trinajstić information content (AvgIpc) is 2.36. The Labute approximate surface area is 112 Å². The van der Waals surface area contributed by atoms with E-state index >= 15 is 0 Å². The second-order valence-electron chi connectivity index (χ2n) is 3.98. The lowest BCUT2D eigenvalue weighted by Gasteiger charge is -2.06. The van der Waals surface area contributed by atoms with E-state index in [0.717, 1.165) is 25.9 Å². The Balaban J connectivity index is 2.30. The van der Waals surface area contributed by atoms with Crippen molar-refractivity contribution in [1.82, 2.24) is 5.32 Å². The first kappa shape index (κ1) is 15.0. The Morgan fingerprint density at radius 1 is 1.39 bits per heavy atom. The molecule has 0 aliphatic heterocycles. The SMILES string of the molecule is COCCCCCNC(=O)c1ccc(F)c(S)c1. The Morgan fingerprint density at radius 2 is 2.17 bits per heavy atom. The maximum absolute atomic E-state index is 13.0. The summed E-state index contributed by atoms with van der Waals surface area (Å²) in [6.07, 6.45) is 2.91. The molecular formula is C13H18FNO2S. The smallest absolute Gasteiger partial charge is 0.251 e. The number of amides is 1. The molecule has 0 saturated heterocycles. The van der Waals surface area contributed by atoms with Gasteiger partial charge in [-0.05, 0) is 37.5 Å². The molecule has 1 aromatic rings. The molecule has 0 aliphatic carbocycles. The number of hydrogen-bond donors (Lipinski definition) is 2. The molecule has 0 saturated carbocycles. The fourth-order valence-electron chi connectivity index (χ4n) is 1.51. The third-order valence-corrected chi connectivity index (χ3v) is 2.86. The molecule has 100 valence electrons. The molecule has 0 spiro atoms. The largest absolute Gasteiger partial charge is 0.385 e. The molecule has 5 heteroatoms. The zero-order valence-electron chi connectivity index (χ0n) is 10.4. The summed E-state index contributed by atoms with van der Waals surface area (Å²) in [5.41, 5.74) is 0.429. The number of rotatable bonds is 7. The van der Waals surface area contributed by atoms with E-state index in [9.17, 15) is 9.18 Å². The highest BCUT2D eigenvalue weighted by Gasteiger charge is 2.07. The van der Waals surface area contributed by atoms with Crippen LogP contribution < -0.4 is 5.32 Å². The Bertz CT molecular complexity index is 399. The van der Waals surface area contributed by atoms with Crippen LogP contribution in [0.5, 0.6) is 0 Å². The van der Waals surface area contributed by atoms with Crippen molar-refractivity contribution in [3.63, 3.8) is 0 Å². The van der Waals surface area contributed by atoms with Gasteiger partial charge in [0, 0.05) is 30.7 Å². The summed E-state index contributed by atoms with van der Waals surface area (Å²) in [5, 5.41) is 2.79. The van der Waals surface area contributed by atoms with Gasteiger partial charge in [-0.1, -0.05) is 0 Å². The minimum atomic E-state index is -0.422. The average molecular weight is 271 g/mol. The van der Waals surface area contributed by atoms with E-state index in [2.05, 4.69) is 17.9 Å². The lowest BCUT2D eigenvalue weighted by molar-refractivity contribution is 0.0952. The van der Waals surface area contributed by atoms with E-state index in [1.165, 1.54) is 18.2 Å². The molecule has 0 fully saturated rings. The first-order valence-corrected chi connectivity index (χ1v) is 6.35. The second kappa shape index (κ2) is 8.11. The van der Waals surface area contributed by atoms with Crippen LogP contribution >= 0.6 is 12.6 Å². The molecule has 3 nitrogen and oxygen atoms in total. The monoisotopic (exact) mass is 271 g/mol. The van der Waals surface area contributed by atoms with E-state index in [-0.39, 0.29) is 10.8 Å². The van der Waals surface area contributed by atoms with Crippen molar-refractivity contribution in [2.24, 2.45) is 0 Å². The van der Waals surface area contributed by atoms with Crippen LogP contribution in [0, 0.1) is 5.82 Å². The predicted octanol–water partition coefficient (Wildman–Crippen LogP) is 2.66. The van der Waals surface area contributed by atoms with Crippen LogP contribution in [0.1, 0.15) is 29.6 Å². The Hall–Kier alpha value is -1.07. The van der Waals surface area contributed by atoms with Gasteiger partial charge < -0.3 is 10.1 Å². The van der Waals surface area contributed by atoms with Crippen molar-refractivity contribution < 1.29 is 13.9 Å². The molecule has 1 rings (SSSR count). The molecule has 18 heavy (non-hydrogen) atoms. The number of ether oxygens (including phenoxy) is 1. The zero-order chi connectivity index (χ0) is 13.4. The van der Waals surface area contributed by atoms with Gasteiger partial charge in [0.25, 0.3) is 5.91 Å². The maximum atomic E-state index is 13.0. The van der Waals surface area contributed by atoms with Crippen LogP contribution in [0.25, 0.3) is 0 Å². The number of benzene rings is 1. The Morgan fingerprint density at radius 3 is 2.83 bits per heavy atom. The van der Waals surface area contributed by atoms with Crippen LogP contribution in [-0.4, -0.2) is 26.2 Å². The lowest BCUT2D eigenvalue weighted by atomic mass is 10.2. The van der Waals surface area contributed by atoms with Gasteiger partial charge in [0.2, 0.25) is 0 Å². The number of nitrogens with one attached hydrogen (secondary N) is 1. The zero-order valence-corrected chi connectivity index (χ0v) is 11.3.